The number of halogens is 2. The highest BCUT2D eigenvalue weighted by Crippen LogP contribution is 2.36. The zero-order chi connectivity index (χ0) is 17.8. The lowest BCUT2D eigenvalue weighted by atomic mass is 9.91. The van der Waals surface area contributed by atoms with Crippen molar-refractivity contribution in [1.82, 2.24) is 4.90 Å². The average Bonchev–Trinajstić information content (AvgIpc) is 2.64. The van der Waals surface area contributed by atoms with Crippen LogP contribution in [0, 0.1) is 0 Å². The minimum Gasteiger partial charge on any atom is -0.496 e. The van der Waals surface area contributed by atoms with Gasteiger partial charge in [-0.15, -0.1) is 12.4 Å². The highest BCUT2D eigenvalue weighted by atomic mass is 35.5. The number of carbonyl (C=O) groups is 1. The van der Waals surface area contributed by atoms with E-state index in [9.17, 15) is 4.79 Å². The Morgan fingerprint density at radius 1 is 1.27 bits per heavy atom. The number of esters is 1. The monoisotopic (exact) mass is 399 g/mol. The molecule has 0 saturated carbocycles. The van der Waals surface area contributed by atoms with Crippen LogP contribution in [0.3, 0.4) is 0 Å². The number of methoxy groups -OCH3 is 1. The zero-order valence-electron chi connectivity index (χ0n) is 15.4. The molecule has 6 heteroatoms. The molecule has 2 aliphatic rings. The lowest BCUT2D eigenvalue weighted by Crippen LogP contribution is -2.38. The van der Waals surface area contributed by atoms with E-state index < -0.39 is 0 Å². The number of ether oxygens (including phenoxy) is 2. The first-order valence-corrected chi connectivity index (χ1v) is 9.45. The lowest BCUT2D eigenvalue weighted by Gasteiger charge is -2.33. The van der Waals surface area contributed by atoms with Crippen molar-refractivity contribution in [3.05, 3.63) is 33.9 Å². The summed E-state index contributed by atoms with van der Waals surface area (Å²) in [5, 5.41) is 0.790. The van der Waals surface area contributed by atoms with E-state index in [1.54, 1.807) is 7.11 Å². The van der Waals surface area contributed by atoms with Crippen LogP contribution in [0.2, 0.25) is 5.02 Å². The molecule has 1 fully saturated rings. The molecule has 0 N–H and O–H groups in total. The molecule has 26 heavy (non-hydrogen) atoms. The summed E-state index contributed by atoms with van der Waals surface area (Å²) < 4.78 is 10.9. The van der Waals surface area contributed by atoms with Crippen molar-refractivity contribution in [3.63, 3.8) is 0 Å². The van der Waals surface area contributed by atoms with Gasteiger partial charge in [-0.25, -0.2) is 0 Å². The molecule has 1 aromatic rings. The maximum Gasteiger partial charge on any atom is 0.305 e. The molecule has 0 radical (unpaired) electrons. The van der Waals surface area contributed by atoms with Crippen molar-refractivity contribution in [2.75, 3.05) is 26.7 Å². The van der Waals surface area contributed by atoms with Crippen LogP contribution in [0.25, 0.3) is 6.08 Å². The van der Waals surface area contributed by atoms with Crippen LogP contribution in [0.1, 0.15) is 43.7 Å². The lowest BCUT2D eigenvalue weighted by molar-refractivity contribution is -0.150. The van der Waals surface area contributed by atoms with Gasteiger partial charge in [-0.05, 0) is 43.4 Å². The molecule has 144 valence electrons. The smallest absolute Gasteiger partial charge is 0.305 e. The minimum absolute atomic E-state index is 0. The molecule has 1 saturated heterocycles. The maximum atomic E-state index is 11.4. The summed E-state index contributed by atoms with van der Waals surface area (Å²) in [6, 6.07) is 3.86. The van der Waals surface area contributed by atoms with Crippen LogP contribution in [0.15, 0.2) is 17.7 Å². The van der Waals surface area contributed by atoms with Gasteiger partial charge in [0, 0.05) is 36.6 Å². The Hall–Kier alpha value is -1.23. The molecular weight excluding hydrogens is 373 g/mol. The number of rotatable bonds is 5. The van der Waals surface area contributed by atoms with Crippen molar-refractivity contribution >= 4 is 36.1 Å². The molecule has 3 rings (SSSR count). The zero-order valence-corrected chi connectivity index (χ0v) is 17.0. The van der Waals surface area contributed by atoms with Crippen molar-refractivity contribution in [3.8, 4) is 5.75 Å². The molecule has 0 aromatic heterocycles. The van der Waals surface area contributed by atoms with E-state index in [4.69, 9.17) is 21.1 Å². The molecular formula is C20H27Cl2NO3. The van der Waals surface area contributed by atoms with E-state index >= 15 is 0 Å². The number of hydrogen-bond donors (Lipinski definition) is 0. The molecule has 0 spiro atoms. The van der Waals surface area contributed by atoms with Gasteiger partial charge in [0.2, 0.25) is 0 Å². The van der Waals surface area contributed by atoms with E-state index in [0.717, 1.165) is 61.7 Å². The van der Waals surface area contributed by atoms with Gasteiger partial charge in [0.15, 0.2) is 0 Å². The van der Waals surface area contributed by atoms with Gasteiger partial charge in [0.25, 0.3) is 0 Å². The van der Waals surface area contributed by atoms with E-state index in [-0.39, 0.29) is 24.5 Å². The summed E-state index contributed by atoms with van der Waals surface area (Å²) in [5.74, 6) is 0.835. The van der Waals surface area contributed by atoms with Gasteiger partial charge >= 0.3 is 5.97 Å². The second-order valence-corrected chi connectivity index (χ2v) is 7.17. The third-order valence-electron chi connectivity index (χ3n) is 5.07. The topological polar surface area (TPSA) is 38.8 Å². The quantitative estimate of drug-likeness (QED) is 0.682. The first-order chi connectivity index (χ1) is 12.1. The largest absolute Gasteiger partial charge is 0.496 e. The van der Waals surface area contributed by atoms with Gasteiger partial charge in [0.05, 0.1) is 7.11 Å². The second kappa shape index (κ2) is 9.63. The molecule has 1 heterocycles. The standard InChI is InChI=1S/C20H26ClNO3.ClH/c1-3-20(23)25-15-8-10-22(11-9-15)13-14-4-5-16-17(12-14)18(21)6-7-19(16)24-2;/h6-7,12,15H,3-5,8-11,13H2,1-2H3;1H. The molecule has 0 unspecified atom stereocenters. The molecule has 0 bridgehead atoms. The summed E-state index contributed by atoms with van der Waals surface area (Å²) in [6.45, 7) is 4.74. The Morgan fingerprint density at radius 3 is 2.65 bits per heavy atom. The minimum atomic E-state index is -0.0892. The summed E-state index contributed by atoms with van der Waals surface area (Å²) in [4.78, 5) is 13.9. The Morgan fingerprint density at radius 2 is 2.00 bits per heavy atom. The van der Waals surface area contributed by atoms with Crippen molar-refractivity contribution < 1.29 is 14.3 Å². The Labute approximate surface area is 166 Å². The van der Waals surface area contributed by atoms with Crippen LogP contribution in [0.5, 0.6) is 5.75 Å². The number of piperidine rings is 1. The molecule has 0 atom stereocenters. The highest BCUT2D eigenvalue weighted by Gasteiger charge is 2.24. The fraction of sp³-hybridized carbons (Fsp3) is 0.550. The van der Waals surface area contributed by atoms with Crippen molar-refractivity contribution in [2.24, 2.45) is 0 Å². The average molecular weight is 400 g/mol. The molecule has 1 aliphatic heterocycles. The fourth-order valence-electron chi connectivity index (χ4n) is 3.65. The van der Waals surface area contributed by atoms with Crippen LogP contribution >= 0.6 is 24.0 Å². The Bertz CT molecular complexity index is 667. The Balaban J connectivity index is 0.00000243. The molecule has 4 nitrogen and oxygen atoms in total. The number of hydrogen-bond acceptors (Lipinski definition) is 4. The van der Waals surface area contributed by atoms with Crippen LogP contribution in [-0.2, 0) is 16.0 Å². The van der Waals surface area contributed by atoms with Gasteiger partial charge < -0.3 is 9.47 Å². The summed E-state index contributed by atoms with van der Waals surface area (Å²) in [5.41, 5.74) is 3.73. The highest BCUT2D eigenvalue weighted by molar-refractivity contribution is 6.32. The van der Waals surface area contributed by atoms with E-state index in [1.807, 2.05) is 19.1 Å². The van der Waals surface area contributed by atoms with Crippen LogP contribution in [-0.4, -0.2) is 43.7 Å². The third kappa shape index (κ3) is 4.93. The molecule has 1 aliphatic carbocycles. The summed E-state index contributed by atoms with van der Waals surface area (Å²) in [7, 11) is 1.71. The molecule has 1 aromatic carbocycles. The number of fused-ring (bicyclic) bond motifs is 1. The number of nitrogens with zero attached hydrogens (tertiary/aromatic N) is 1. The normalized spacial score (nSPS) is 17.7. The van der Waals surface area contributed by atoms with Gasteiger partial charge in [-0.2, -0.15) is 0 Å². The predicted octanol–water partition coefficient (Wildman–Crippen LogP) is 4.52. The first kappa shape index (κ1) is 21.1. The van der Waals surface area contributed by atoms with Crippen molar-refractivity contribution in [2.45, 2.75) is 45.1 Å². The summed E-state index contributed by atoms with van der Waals surface area (Å²) >= 11 is 6.40. The number of carbonyl (C=O) groups excluding carboxylic acids is 1. The Kier molecular flexibility index (Phi) is 7.81. The maximum absolute atomic E-state index is 11.4. The van der Waals surface area contributed by atoms with E-state index in [0.29, 0.717) is 6.42 Å². The second-order valence-electron chi connectivity index (χ2n) is 6.76. The van der Waals surface area contributed by atoms with Crippen LogP contribution in [0.4, 0.5) is 0 Å². The van der Waals surface area contributed by atoms with E-state index in [1.165, 1.54) is 11.1 Å². The van der Waals surface area contributed by atoms with Gasteiger partial charge in [-0.3, -0.25) is 9.69 Å². The van der Waals surface area contributed by atoms with Gasteiger partial charge in [-0.1, -0.05) is 30.2 Å². The van der Waals surface area contributed by atoms with Gasteiger partial charge in [0.1, 0.15) is 11.9 Å². The summed E-state index contributed by atoms with van der Waals surface area (Å²) in [6.07, 6.45) is 6.62. The number of likely N-dealkylation sites (tertiary alicyclic amines) is 1. The van der Waals surface area contributed by atoms with E-state index in [2.05, 4.69) is 11.0 Å². The number of benzene rings is 1. The SMILES string of the molecule is CCC(=O)OC1CCN(CC2=Cc3c(Cl)ccc(OC)c3CC2)CC1.Cl. The van der Waals surface area contributed by atoms with Crippen molar-refractivity contribution in [1.29, 1.82) is 0 Å². The third-order valence-corrected chi connectivity index (χ3v) is 5.40. The predicted molar refractivity (Wildman–Crippen MR) is 107 cm³/mol. The first-order valence-electron chi connectivity index (χ1n) is 9.07. The van der Waals surface area contributed by atoms with Crippen LogP contribution < -0.4 is 4.74 Å². The molecule has 0 amide bonds. The fourth-order valence-corrected chi connectivity index (χ4v) is 3.88.